The van der Waals surface area contributed by atoms with Crippen molar-refractivity contribution in [1.82, 2.24) is 0 Å². The van der Waals surface area contributed by atoms with Gasteiger partial charge in [-0.3, -0.25) is 4.57 Å². The molecule has 0 heterocycles. The molecule has 200 valence electrons. The van der Waals surface area contributed by atoms with Crippen LogP contribution in [0.2, 0.25) is 0 Å². The normalized spacial score (nSPS) is 15.2. The van der Waals surface area contributed by atoms with Crippen molar-refractivity contribution in [2.45, 2.75) is 62.5 Å². The molecule has 0 unspecified atom stereocenters. The number of rotatable bonds is 15. The number of hydrogen-bond donors (Lipinski definition) is 0. The van der Waals surface area contributed by atoms with E-state index in [1.165, 1.54) is 13.8 Å². The highest BCUT2D eigenvalue weighted by molar-refractivity contribution is 7.99. The second-order valence-corrected chi connectivity index (χ2v) is 9.80. The molecule has 0 aliphatic carbocycles. The second kappa shape index (κ2) is 11.1. The summed E-state index contributed by atoms with van der Waals surface area (Å²) in [6.07, 6.45) is -9.98. The van der Waals surface area contributed by atoms with Crippen molar-refractivity contribution in [2.75, 3.05) is 30.9 Å². The van der Waals surface area contributed by atoms with Gasteiger partial charge in [0.1, 0.15) is 0 Å². The first kappa shape index (κ1) is 32.6. The molecule has 0 atom stereocenters. The van der Waals surface area contributed by atoms with Crippen LogP contribution >= 0.6 is 19.4 Å². The average molecular weight is 558 g/mol. The fourth-order valence-electron chi connectivity index (χ4n) is 2.18. The van der Waals surface area contributed by atoms with Gasteiger partial charge < -0.3 is 9.05 Å². The maximum absolute atomic E-state index is 13.6. The van der Waals surface area contributed by atoms with Crippen LogP contribution < -0.4 is 0 Å². The van der Waals surface area contributed by atoms with E-state index >= 15 is 0 Å². The monoisotopic (exact) mass is 558 g/mol. The number of thioether (sulfide) groups is 1. The van der Waals surface area contributed by atoms with Crippen LogP contribution in [0.4, 0.5) is 57.1 Å². The van der Waals surface area contributed by atoms with Crippen molar-refractivity contribution in [1.29, 1.82) is 0 Å². The molecule has 0 spiro atoms. The minimum atomic E-state index is -7.89. The van der Waals surface area contributed by atoms with Crippen LogP contribution in [0.1, 0.15) is 26.7 Å². The molecule has 0 aliphatic heterocycles. The molecule has 3 nitrogen and oxygen atoms in total. The van der Waals surface area contributed by atoms with Gasteiger partial charge in [-0.2, -0.15) is 68.8 Å². The van der Waals surface area contributed by atoms with Crippen molar-refractivity contribution in [3.8, 4) is 0 Å². The Hall–Kier alpha value is -0.410. The van der Waals surface area contributed by atoms with Crippen LogP contribution in [-0.4, -0.2) is 66.7 Å². The van der Waals surface area contributed by atoms with Crippen LogP contribution in [0.5, 0.6) is 0 Å². The van der Waals surface area contributed by atoms with E-state index in [1.54, 1.807) is 0 Å². The van der Waals surface area contributed by atoms with Gasteiger partial charge in [-0.05, 0) is 31.8 Å². The van der Waals surface area contributed by atoms with Crippen molar-refractivity contribution >= 4 is 19.4 Å². The zero-order valence-corrected chi connectivity index (χ0v) is 18.7. The van der Waals surface area contributed by atoms with Gasteiger partial charge in [-0.15, -0.1) is 0 Å². The Morgan fingerprint density at radius 3 is 1.48 bits per heavy atom. The molecule has 0 aromatic heterocycles. The van der Waals surface area contributed by atoms with Crippen LogP contribution in [0.15, 0.2) is 0 Å². The van der Waals surface area contributed by atoms with Gasteiger partial charge in [-0.1, -0.05) is 0 Å². The van der Waals surface area contributed by atoms with Gasteiger partial charge in [0.25, 0.3) is 0 Å². The third-order valence-electron chi connectivity index (χ3n) is 3.93. The molecule has 0 radical (unpaired) electrons. The SMILES string of the molecule is CCOP(=O)(CCCSCCC(F)(F)C(F)(F)C(F)(F)C(F)(F)C(F)(F)C(F)(F)F)OCC. The smallest absolute Gasteiger partial charge is 0.309 e. The first-order valence-corrected chi connectivity index (χ1v) is 11.9. The molecule has 0 saturated heterocycles. The van der Waals surface area contributed by atoms with Crippen LogP contribution in [0, 0.1) is 0 Å². The molecule has 0 aliphatic rings. The second-order valence-electron chi connectivity index (χ2n) is 6.39. The molecule has 0 fully saturated rings. The summed E-state index contributed by atoms with van der Waals surface area (Å²) in [4.78, 5) is 0. The first-order valence-electron chi connectivity index (χ1n) is 8.99. The topological polar surface area (TPSA) is 35.5 Å². The summed E-state index contributed by atoms with van der Waals surface area (Å²) in [5.74, 6) is -38.0. The third kappa shape index (κ3) is 6.84. The Balaban J connectivity index is 5.22. The van der Waals surface area contributed by atoms with Crippen LogP contribution in [-0.2, 0) is 13.6 Å². The quantitative estimate of drug-likeness (QED) is 0.119. The summed E-state index contributed by atoms with van der Waals surface area (Å²) in [5.41, 5.74) is 0. The number of hydrogen-bond acceptors (Lipinski definition) is 4. The lowest BCUT2D eigenvalue weighted by atomic mass is 9.93. The number of alkyl halides is 13. The summed E-state index contributed by atoms with van der Waals surface area (Å²) < 4.78 is 191. The maximum Gasteiger partial charge on any atom is 0.460 e. The van der Waals surface area contributed by atoms with E-state index < -0.39 is 55.6 Å². The van der Waals surface area contributed by atoms with Crippen molar-refractivity contribution < 1.29 is 70.7 Å². The van der Waals surface area contributed by atoms with Gasteiger partial charge in [0.2, 0.25) is 0 Å². The van der Waals surface area contributed by atoms with E-state index in [0.717, 1.165) is 0 Å². The van der Waals surface area contributed by atoms with E-state index in [1.807, 2.05) is 0 Å². The summed E-state index contributed by atoms with van der Waals surface area (Å²) in [6, 6.07) is 0. The largest absolute Gasteiger partial charge is 0.460 e. The van der Waals surface area contributed by atoms with Crippen LogP contribution in [0.25, 0.3) is 0 Å². The lowest BCUT2D eigenvalue weighted by molar-refractivity contribution is -0.439. The van der Waals surface area contributed by atoms with Crippen molar-refractivity contribution in [3.63, 3.8) is 0 Å². The molecule has 18 heteroatoms. The summed E-state index contributed by atoms with van der Waals surface area (Å²) in [6.45, 7) is 2.98. The zero-order chi connectivity index (χ0) is 26.6. The predicted molar refractivity (Wildman–Crippen MR) is 93.1 cm³/mol. The molecule has 0 saturated carbocycles. The van der Waals surface area contributed by atoms with E-state index in [-0.39, 0.29) is 31.5 Å². The molecule has 0 aromatic carbocycles. The number of halogens is 13. The Kier molecular flexibility index (Phi) is 11.0. The van der Waals surface area contributed by atoms with E-state index in [4.69, 9.17) is 9.05 Å². The lowest BCUT2D eigenvalue weighted by Gasteiger charge is -2.39. The van der Waals surface area contributed by atoms with Gasteiger partial charge in [-0.25, -0.2) is 0 Å². The molecule has 0 N–H and O–H groups in total. The summed E-state index contributed by atoms with van der Waals surface area (Å²) in [7, 11) is -3.52. The predicted octanol–water partition coefficient (Wildman–Crippen LogP) is 7.50. The van der Waals surface area contributed by atoms with Gasteiger partial charge in [0, 0.05) is 6.42 Å². The van der Waals surface area contributed by atoms with Crippen molar-refractivity contribution in [2.24, 2.45) is 0 Å². The highest BCUT2D eigenvalue weighted by atomic mass is 32.2. The highest BCUT2D eigenvalue weighted by Crippen LogP contribution is 2.60. The molecule has 33 heavy (non-hydrogen) atoms. The molecule has 0 bridgehead atoms. The Morgan fingerprint density at radius 2 is 1.09 bits per heavy atom. The van der Waals surface area contributed by atoms with E-state index in [9.17, 15) is 61.6 Å². The third-order valence-corrected chi connectivity index (χ3v) is 7.17. The molecule has 0 amide bonds. The Bertz CT molecular complexity index is 660. The van der Waals surface area contributed by atoms with Gasteiger partial charge in [0.15, 0.2) is 0 Å². The summed E-state index contributed by atoms with van der Waals surface area (Å²) in [5, 5.41) is 0. The first-order chi connectivity index (χ1) is 14.6. The minimum Gasteiger partial charge on any atom is -0.309 e. The van der Waals surface area contributed by atoms with E-state index in [2.05, 4.69) is 0 Å². The van der Waals surface area contributed by atoms with Gasteiger partial charge in [0.05, 0.1) is 19.4 Å². The Labute approximate surface area is 184 Å². The fraction of sp³-hybridized carbons (Fsp3) is 1.00. The van der Waals surface area contributed by atoms with Gasteiger partial charge >= 0.3 is 43.4 Å². The standard InChI is InChI=1S/C15H20F13O3PS/c1-3-30-32(29,31-4-2)7-5-8-33-9-6-10(16,17)11(18,19)12(20,21)13(22,23)14(24,25)15(26,27)28/h3-9H2,1-2H3. The van der Waals surface area contributed by atoms with Crippen LogP contribution in [0.3, 0.4) is 0 Å². The van der Waals surface area contributed by atoms with E-state index in [0.29, 0.717) is 11.8 Å². The zero-order valence-electron chi connectivity index (χ0n) is 16.9. The average Bonchev–Trinajstić information content (AvgIpc) is 2.63. The van der Waals surface area contributed by atoms with Crippen molar-refractivity contribution in [3.05, 3.63) is 0 Å². The molecular formula is C15H20F13O3PS. The molecule has 0 rings (SSSR count). The summed E-state index contributed by atoms with van der Waals surface area (Å²) >= 11 is 0.395. The lowest BCUT2D eigenvalue weighted by Crippen LogP contribution is -2.70. The Morgan fingerprint density at radius 1 is 0.667 bits per heavy atom. The fourth-order valence-corrected chi connectivity index (χ4v) is 5.01. The highest BCUT2D eigenvalue weighted by Gasteiger charge is 2.90. The minimum absolute atomic E-state index is 0.00203. The maximum atomic E-state index is 13.6. The molecular weight excluding hydrogens is 538 g/mol. The molecule has 0 aromatic rings.